The predicted molar refractivity (Wildman–Crippen MR) is 87.6 cm³/mol. The average molecular weight is 307 g/mol. The van der Waals surface area contributed by atoms with Crippen molar-refractivity contribution in [3.63, 3.8) is 0 Å². The Morgan fingerprint density at radius 3 is 2.33 bits per heavy atom. The molecule has 3 aromatic heterocycles. The maximum Gasteiger partial charge on any atom is 0.130 e. The van der Waals surface area contributed by atoms with Crippen molar-refractivity contribution >= 4 is 34.1 Å². The van der Waals surface area contributed by atoms with E-state index in [2.05, 4.69) is 23.0 Å². The van der Waals surface area contributed by atoms with Gasteiger partial charge in [0.2, 0.25) is 0 Å². The Kier molecular flexibility index (Phi) is 3.76. The maximum absolute atomic E-state index is 8.95. The lowest BCUT2D eigenvalue weighted by Crippen LogP contribution is -1.72. The van der Waals surface area contributed by atoms with Crippen LogP contribution in [0.15, 0.2) is 48.8 Å². The summed E-state index contributed by atoms with van der Waals surface area (Å²) < 4.78 is 0. The van der Waals surface area contributed by atoms with Gasteiger partial charge in [0.15, 0.2) is 0 Å². The lowest BCUT2D eigenvalue weighted by Gasteiger charge is -1.94. The summed E-state index contributed by atoms with van der Waals surface area (Å²) in [6, 6.07) is 14.0. The molecular formula is C16H9N3S2. The number of hydrogen-bond donors (Lipinski definition) is 1. The predicted octanol–water partition coefficient (Wildman–Crippen LogP) is 4.69. The second-order valence-corrected chi connectivity index (χ2v) is 6.34. The highest BCUT2D eigenvalue weighted by molar-refractivity contribution is 7.24. The van der Waals surface area contributed by atoms with Crippen LogP contribution in [0.1, 0.15) is 4.88 Å². The number of nitrogens with zero attached hydrogens (tertiary/aromatic N) is 2. The first kappa shape index (κ1) is 13.5. The fourth-order valence-corrected chi connectivity index (χ4v) is 3.95. The van der Waals surface area contributed by atoms with Gasteiger partial charge in [-0.25, -0.2) is 0 Å². The van der Waals surface area contributed by atoms with Crippen LogP contribution in [0.5, 0.6) is 0 Å². The Hall–Kier alpha value is -2.51. The maximum atomic E-state index is 8.95. The van der Waals surface area contributed by atoms with E-state index < -0.39 is 0 Å². The van der Waals surface area contributed by atoms with Crippen LogP contribution in [0.2, 0.25) is 0 Å². The number of pyridine rings is 1. The van der Waals surface area contributed by atoms with Crippen LogP contribution in [0.3, 0.4) is 0 Å². The number of allylic oxidation sites excluding steroid dienone is 1. The molecule has 0 aliphatic rings. The molecule has 0 fully saturated rings. The summed E-state index contributed by atoms with van der Waals surface area (Å²) in [5.74, 6) is 2.18. The van der Waals surface area contributed by atoms with Crippen molar-refractivity contribution < 1.29 is 0 Å². The van der Waals surface area contributed by atoms with Gasteiger partial charge < -0.3 is 0 Å². The third-order valence-electron chi connectivity index (χ3n) is 2.90. The van der Waals surface area contributed by atoms with Crippen molar-refractivity contribution in [2.45, 2.75) is 0 Å². The van der Waals surface area contributed by atoms with Crippen molar-refractivity contribution in [3.05, 3.63) is 53.7 Å². The highest BCUT2D eigenvalue weighted by atomic mass is 32.1. The number of nitrogens with one attached hydrogen (secondary N) is 1. The number of rotatable bonds is 3. The van der Waals surface area contributed by atoms with E-state index >= 15 is 0 Å². The molecule has 21 heavy (non-hydrogen) atoms. The van der Waals surface area contributed by atoms with Gasteiger partial charge in [-0.05, 0) is 47.8 Å². The molecule has 1 N–H and O–H groups in total. The molecule has 0 amide bonds. The quantitative estimate of drug-likeness (QED) is 0.563. The van der Waals surface area contributed by atoms with Crippen molar-refractivity contribution in [3.8, 4) is 26.3 Å². The van der Waals surface area contributed by atoms with E-state index in [9.17, 15) is 0 Å². The first-order valence-corrected chi connectivity index (χ1v) is 7.75. The van der Waals surface area contributed by atoms with Crippen molar-refractivity contribution in [2.24, 2.45) is 0 Å². The summed E-state index contributed by atoms with van der Waals surface area (Å²) >= 11 is 3.21. The van der Waals surface area contributed by atoms with E-state index in [0.717, 1.165) is 20.2 Å². The SMILES string of the molecule is N#CC(=C=N)c1ccc(-c2ccc(-c3ccncc3)s2)s1. The molecule has 0 aliphatic carbocycles. The van der Waals surface area contributed by atoms with Crippen LogP contribution in [-0.4, -0.2) is 10.9 Å². The zero-order valence-electron chi connectivity index (χ0n) is 10.8. The average Bonchev–Trinajstić information content (AvgIpc) is 3.18. The van der Waals surface area contributed by atoms with E-state index in [1.54, 1.807) is 23.7 Å². The van der Waals surface area contributed by atoms with Gasteiger partial charge in [-0.3, -0.25) is 10.4 Å². The molecule has 3 nitrogen and oxygen atoms in total. The molecule has 0 radical (unpaired) electrons. The van der Waals surface area contributed by atoms with Crippen LogP contribution >= 0.6 is 22.7 Å². The zero-order valence-corrected chi connectivity index (χ0v) is 12.5. The van der Waals surface area contributed by atoms with Crippen LogP contribution < -0.4 is 0 Å². The highest BCUT2D eigenvalue weighted by Gasteiger charge is 2.09. The van der Waals surface area contributed by atoms with Gasteiger partial charge in [0, 0.05) is 27.0 Å². The molecule has 0 aliphatic heterocycles. The molecule has 5 heteroatoms. The third kappa shape index (κ3) is 2.69. The fourth-order valence-electron chi connectivity index (χ4n) is 1.89. The van der Waals surface area contributed by atoms with Gasteiger partial charge in [-0.2, -0.15) is 5.26 Å². The molecule has 3 aromatic rings. The van der Waals surface area contributed by atoms with Crippen LogP contribution in [0.25, 0.3) is 25.8 Å². The molecule has 0 atom stereocenters. The van der Waals surface area contributed by atoms with Gasteiger partial charge in [0.1, 0.15) is 11.6 Å². The first-order chi connectivity index (χ1) is 10.3. The van der Waals surface area contributed by atoms with Crippen LogP contribution in [0.4, 0.5) is 0 Å². The molecule has 0 spiro atoms. The molecule has 0 unspecified atom stereocenters. The topological polar surface area (TPSA) is 60.5 Å². The Balaban J connectivity index is 1.95. The Labute approximate surface area is 130 Å². The van der Waals surface area contributed by atoms with E-state index in [4.69, 9.17) is 10.7 Å². The molecule has 3 heterocycles. The zero-order chi connectivity index (χ0) is 14.7. The van der Waals surface area contributed by atoms with E-state index in [1.165, 1.54) is 16.2 Å². The summed E-state index contributed by atoms with van der Waals surface area (Å²) in [5, 5.41) is 16.1. The summed E-state index contributed by atoms with van der Waals surface area (Å²) in [7, 11) is 0. The lowest BCUT2D eigenvalue weighted by atomic mass is 10.2. The van der Waals surface area contributed by atoms with Crippen LogP contribution in [0, 0.1) is 16.7 Å². The molecule has 0 saturated heterocycles. The van der Waals surface area contributed by atoms with Crippen LogP contribution in [-0.2, 0) is 0 Å². The molecule has 100 valence electrons. The van der Waals surface area contributed by atoms with Crippen molar-refractivity contribution in [1.29, 1.82) is 10.7 Å². The standard InChI is InChI=1S/C16H9N3S2/c17-9-12(10-18)14-2-4-16(21-14)15-3-1-13(20-15)11-5-7-19-8-6-11/h1-8,17H. The van der Waals surface area contributed by atoms with Gasteiger partial charge in [-0.15, -0.1) is 22.7 Å². The smallest absolute Gasteiger partial charge is 0.130 e. The Morgan fingerprint density at radius 2 is 1.62 bits per heavy atom. The number of nitriles is 1. The first-order valence-electron chi connectivity index (χ1n) is 6.12. The summed E-state index contributed by atoms with van der Waals surface area (Å²) in [4.78, 5) is 8.24. The van der Waals surface area contributed by atoms with E-state index in [1.807, 2.05) is 30.3 Å². The van der Waals surface area contributed by atoms with E-state index in [0.29, 0.717) is 0 Å². The minimum Gasteiger partial charge on any atom is -0.265 e. The Morgan fingerprint density at radius 1 is 0.952 bits per heavy atom. The lowest BCUT2D eigenvalue weighted by molar-refractivity contribution is 1.33. The summed E-state index contributed by atoms with van der Waals surface area (Å²) in [5.41, 5.74) is 1.42. The number of aromatic nitrogens is 1. The fraction of sp³-hybridized carbons (Fsp3) is 0. The minimum atomic E-state index is 0.275. The number of thiophene rings is 2. The molecule has 0 aromatic carbocycles. The molecule has 3 rings (SSSR count). The van der Waals surface area contributed by atoms with Gasteiger partial charge >= 0.3 is 0 Å². The number of hydrogen-bond acceptors (Lipinski definition) is 5. The molecule has 0 bridgehead atoms. The van der Waals surface area contributed by atoms with Crippen molar-refractivity contribution in [1.82, 2.24) is 4.98 Å². The van der Waals surface area contributed by atoms with E-state index in [-0.39, 0.29) is 5.57 Å². The normalized spacial score (nSPS) is 9.86. The second-order valence-electron chi connectivity index (χ2n) is 4.18. The monoisotopic (exact) mass is 307 g/mol. The van der Waals surface area contributed by atoms with Crippen molar-refractivity contribution in [2.75, 3.05) is 0 Å². The largest absolute Gasteiger partial charge is 0.265 e. The van der Waals surface area contributed by atoms with Gasteiger partial charge in [-0.1, -0.05) is 0 Å². The molecule has 0 saturated carbocycles. The molecular weight excluding hydrogens is 298 g/mol. The summed E-state index contributed by atoms with van der Waals surface area (Å²) in [6.07, 6.45) is 3.57. The summed E-state index contributed by atoms with van der Waals surface area (Å²) in [6.45, 7) is 0. The van der Waals surface area contributed by atoms with Gasteiger partial charge in [0.25, 0.3) is 0 Å². The van der Waals surface area contributed by atoms with Gasteiger partial charge in [0.05, 0.1) is 4.88 Å². The second kappa shape index (κ2) is 5.86. The third-order valence-corrected chi connectivity index (χ3v) is 5.34. The highest BCUT2D eigenvalue weighted by Crippen LogP contribution is 2.38. The minimum absolute atomic E-state index is 0.275. The Bertz CT molecular complexity index is 862.